The quantitative estimate of drug-likeness (QED) is 0.0641. The van der Waals surface area contributed by atoms with Crippen molar-refractivity contribution in [2.75, 3.05) is 65.3 Å². The predicted molar refractivity (Wildman–Crippen MR) is 245 cm³/mol. The molecule has 17 heteroatoms. The van der Waals surface area contributed by atoms with Gasteiger partial charge in [-0.15, -0.1) is 0 Å². The van der Waals surface area contributed by atoms with Crippen LogP contribution in [-0.4, -0.2) is 129 Å². The highest BCUT2D eigenvalue weighted by Gasteiger charge is 2.32. The number of unbranched alkanes of at least 4 members (excludes halogenated alkanes) is 3. The molecule has 1 atom stereocenters. The van der Waals surface area contributed by atoms with Crippen LogP contribution in [0.1, 0.15) is 110 Å². The molecule has 0 radical (unpaired) electrons. The summed E-state index contributed by atoms with van der Waals surface area (Å²) in [5, 5.41) is 14.9. The first-order valence-electron chi connectivity index (χ1n) is 22.6. The number of carbonyl (C=O) groups is 5. The molecule has 1 saturated carbocycles. The zero-order valence-corrected chi connectivity index (χ0v) is 37.5. The summed E-state index contributed by atoms with van der Waals surface area (Å²) in [6, 6.07) is 15.2. The van der Waals surface area contributed by atoms with Crippen LogP contribution in [0.15, 0.2) is 54.7 Å². The van der Waals surface area contributed by atoms with Gasteiger partial charge in [0.05, 0.1) is 23.7 Å². The van der Waals surface area contributed by atoms with Crippen LogP contribution < -0.4 is 20.7 Å². The highest BCUT2D eigenvalue weighted by Crippen LogP contribution is 2.35. The molecule has 3 aliphatic rings. The monoisotopic (exact) mass is 875 g/mol. The zero-order chi connectivity index (χ0) is 45.2. The van der Waals surface area contributed by atoms with Gasteiger partial charge >= 0.3 is 0 Å². The van der Waals surface area contributed by atoms with Crippen LogP contribution in [0.4, 0.5) is 11.6 Å². The molecule has 5 aromatic rings. The number of aromatic nitrogens is 5. The second kappa shape index (κ2) is 21.3. The van der Waals surface area contributed by atoms with E-state index in [-0.39, 0.29) is 35.6 Å². The van der Waals surface area contributed by atoms with Crippen molar-refractivity contribution < 1.29 is 28.7 Å². The van der Waals surface area contributed by atoms with Crippen molar-refractivity contribution in [3.8, 4) is 5.75 Å². The summed E-state index contributed by atoms with van der Waals surface area (Å²) in [6.45, 7) is 7.83. The van der Waals surface area contributed by atoms with E-state index in [2.05, 4.69) is 35.5 Å². The fourth-order valence-corrected chi connectivity index (χ4v) is 8.77. The minimum atomic E-state index is -0.371. The van der Waals surface area contributed by atoms with Crippen molar-refractivity contribution in [3.63, 3.8) is 0 Å². The number of fused-ring (bicyclic) bond motifs is 2. The fraction of sp³-hybridized carbons (Fsp3) is 0.489. The van der Waals surface area contributed by atoms with Crippen LogP contribution in [0.3, 0.4) is 0 Å². The first-order valence-corrected chi connectivity index (χ1v) is 22.6. The van der Waals surface area contributed by atoms with Gasteiger partial charge in [0.1, 0.15) is 17.1 Å². The maximum atomic E-state index is 12.9. The Morgan fingerprint density at radius 1 is 0.953 bits per heavy atom. The number of aryl methyl sites for hydroxylation is 1. The Bertz CT molecular complexity index is 2430. The summed E-state index contributed by atoms with van der Waals surface area (Å²) in [5.74, 6) is 0.275. The Morgan fingerprint density at radius 2 is 1.70 bits per heavy atom. The SMILES string of the molecule is CCOc1ccc2c(C3CCC(=O)NC3=O)nn(C)c2c1.CN(C)C(=O)c1cc2cnc(Nc3ccc(C(=O)NCCCCCCN4CCN(C=O)CC4)cc3)nc2n1C1CCCC1. The van der Waals surface area contributed by atoms with E-state index in [4.69, 9.17) is 9.72 Å². The van der Waals surface area contributed by atoms with E-state index in [1.807, 2.05) is 55.3 Å². The van der Waals surface area contributed by atoms with Gasteiger partial charge in [0.2, 0.25) is 24.2 Å². The minimum absolute atomic E-state index is 0.0322. The van der Waals surface area contributed by atoms with Crippen molar-refractivity contribution in [1.29, 1.82) is 0 Å². The van der Waals surface area contributed by atoms with E-state index in [9.17, 15) is 24.0 Å². The highest BCUT2D eigenvalue weighted by molar-refractivity contribution is 6.02. The fourth-order valence-electron chi connectivity index (χ4n) is 8.77. The van der Waals surface area contributed by atoms with E-state index >= 15 is 0 Å². The molecule has 3 fully saturated rings. The molecule has 1 unspecified atom stereocenters. The van der Waals surface area contributed by atoms with Gasteiger partial charge in [0.25, 0.3) is 11.8 Å². The van der Waals surface area contributed by atoms with Crippen LogP contribution in [0.5, 0.6) is 5.75 Å². The third kappa shape index (κ3) is 11.0. The van der Waals surface area contributed by atoms with Crippen LogP contribution in [0.2, 0.25) is 0 Å². The Hall–Kier alpha value is -6.36. The van der Waals surface area contributed by atoms with Crippen molar-refractivity contribution in [3.05, 3.63) is 71.7 Å². The second-order valence-electron chi connectivity index (χ2n) is 17.0. The standard InChI is InChI=1S/C32H44N8O3.C15H17N3O3/c1-37(2)31(43)28-21-25-22-34-32(36-29(25)40(28)27-9-5-6-10-27)35-26-13-11-24(12-14-26)30(42)33-15-7-3-4-8-16-38-17-19-39(23-41)20-18-38;1-3-21-9-4-5-10-12(8-9)18(2)17-14(10)11-6-7-13(19)16-15(11)20/h11-14,21-23,27H,3-10,15-20H2,1-2H3,(H,33,42)(H,34,35,36);4-5,8,11H,3,6-7H2,1-2H3,(H,16,19,20). The van der Waals surface area contributed by atoms with Gasteiger partial charge in [0.15, 0.2) is 0 Å². The van der Waals surface area contributed by atoms with Crippen molar-refractivity contribution >= 4 is 63.6 Å². The molecule has 0 bridgehead atoms. The van der Waals surface area contributed by atoms with Gasteiger partial charge in [-0.25, -0.2) is 4.98 Å². The Labute approximate surface area is 373 Å². The van der Waals surface area contributed by atoms with Crippen molar-refractivity contribution in [1.82, 2.24) is 49.6 Å². The number of piperazine rings is 1. The molecule has 5 amide bonds. The Morgan fingerprint density at radius 3 is 2.41 bits per heavy atom. The Balaban J connectivity index is 0.000000243. The molecular formula is C47H61N11O6. The first kappa shape index (κ1) is 45.7. The summed E-state index contributed by atoms with van der Waals surface area (Å²) in [5.41, 5.74) is 4.45. The topological polar surface area (TPSA) is 189 Å². The van der Waals surface area contributed by atoms with Crippen LogP contribution in [0, 0.1) is 0 Å². The molecule has 2 aliphatic heterocycles. The lowest BCUT2D eigenvalue weighted by molar-refractivity contribution is -0.134. The van der Waals surface area contributed by atoms with Crippen molar-refractivity contribution in [2.24, 2.45) is 7.05 Å². The number of carbonyl (C=O) groups excluding carboxylic acids is 5. The summed E-state index contributed by atoms with van der Waals surface area (Å²) in [7, 11) is 5.38. The van der Waals surface area contributed by atoms with E-state index < -0.39 is 0 Å². The number of amides is 5. The lowest BCUT2D eigenvalue weighted by atomic mass is 9.93. The normalized spacial score (nSPS) is 16.9. The molecule has 3 N–H and O–H groups in total. The van der Waals surface area contributed by atoms with E-state index in [1.54, 1.807) is 42.0 Å². The molecule has 5 heterocycles. The number of piperidine rings is 1. The predicted octanol–water partition coefficient (Wildman–Crippen LogP) is 5.55. The number of ether oxygens (including phenoxy) is 1. The minimum Gasteiger partial charge on any atom is -0.494 e. The summed E-state index contributed by atoms with van der Waals surface area (Å²) in [6.07, 6.45) is 12.2. The second-order valence-corrected chi connectivity index (χ2v) is 17.0. The molecular weight excluding hydrogens is 815 g/mol. The van der Waals surface area contributed by atoms with Gasteiger partial charge in [-0.1, -0.05) is 25.7 Å². The Kier molecular flexibility index (Phi) is 15.2. The third-order valence-corrected chi connectivity index (χ3v) is 12.3. The van der Waals surface area contributed by atoms with Crippen LogP contribution in [0.25, 0.3) is 21.9 Å². The number of nitrogens with one attached hydrogen (secondary N) is 3. The molecule has 2 saturated heterocycles. The molecule has 0 spiro atoms. The van der Waals surface area contributed by atoms with E-state index in [0.717, 1.165) is 130 Å². The number of imide groups is 1. The number of anilines is 2. The van der Waals surface area contributed by atoms with Gasteiger partial charge in [-0.05, 0) is 88.0 Å². The summed E-state index contributed by atoms with van der Waals surface area (Å²) < 4.78 is 9.34. The molecule has 340 valence electrons. The van der Waals surface area contributed by atoms with Crippen LogP contribution in [-0.2, 0) is 21.4 Å². The average Bonchev–Trinajstić information content (AvgIpc) is 4.04. The van der Waals surface area contributed by atoms with E-state index in [0.29, 0.717) is 43.2 Å². The smallest absolute Gasteiger partial charge is 0.270 e. The molecule has 8 rings (SSSR count). The third-order valence-electron chi connectivity index (χ3n) is 12.3. The number of hydrogen-bond acceptors (Lipinski definition) is 11. The van der Waals surface area contributed by atoms with Gasteiger partial charge in [-0.3, -0.25) is 38.9 Å². The lowest BCUT2D eigenvalue weighted by Gasteiger charge is -2.32. The highest BCUT2D eigenvalue weighted by atomic mass is 16.5. The maximum Gasteiger partial charge on any atom is 0.270 e. The maximum absolute atomic E-state index is 12.9. The largest absolute Gasteiger partial charge is 0.494 e. The summed E-state index contributed by atoms with van der Waals surface area (Å²) >= 11 is 0. The van der Waals surface area contributed by atoms with Crippen LogP contribution >= 0.6 is 0 Å². The molecule has 2 aromatic carbocycles. The zero-order valence-electron chi connectivity index (χ0n) is 37.5. The van der Waals surface area contributed by atoms with Gasteiger partial charge in [-0.2, -0.15) is 10.1 Å². The lowest BCUT2D eigenvalue weighted by Crippen LogP contribution is -2.45. The number of rotatable bonds is 16. The first-order chi connectivity index (χ1) is 31.0. The molecule has 3 aromatic heterocycles. The van der Waals surface area contributed by atoms with Gasteiger partial charge < -0.3 is 29.7 Å². The number of hydrogen-bond donors (Lipinski definition) is 3. The molecule has 64 heavy (non-hydrogen) atoms. The van der Waals surface area contributed by atoms with Crippen molar-refractivity contribution in [2.45, 2.75) is 83.1 Å². The number of benzene rings is 2. The average molecular weight is 876 g/mol. The molecule has 17 nitrogen and oxygen atoms in total. The summed E-state index contributed by atoms with van der Waals surface area (Å²) in [4.78, 5) is 74.9. The molecule has 1 aliphatic carbocycles. The number of nitrogens with zero attached hydrogens (tertiary/aromatic N) is 8. The van der Waals surface area contributed by atoms with E-state index in [1.165, 1.54) is 0 Å². The van der Waals surface area contributed by atoms with Gasteiger partial charge in [0, 0.05) is 101 Å².